The quantitative estimate of drug-likeness (QED) is 0.598. The van der Waals surface area contributed by atoms with E-state index in [1.165, 1.54) is 0 Å². The van der Waals surface area contributed by atoms with Gasteiger partial charge in [-0.3, -0.25) is 9.59 Å². The van der Waals surface area contributed by atoms with Crippen molar-refractivity contribution in [2.24, 2.45) is 0 Å². The normalized spacial score (nSPS) is 11.5. The zero-order valence-corrected chi connectivity index (χ0v) is 16.5. The van der Waals surface area contributed by atoms with Crippen molar-refractivity contribution in [1.82, 2.24) is 5.32 Å². The first-order valence-corrected chi connectivity index (χ1v) is 9.51. The number of para-hydroxylation sites is 2. The summed E-state index contributed by atoms with van der Waals surface area (Å²) < 4.78 is 11.1. The van der Waals surface area contributed by atoms with Gasteiger partial charge in [-0.15, -0.1) is 0 Å². The molecule has 1 aromatic heterocycles. The Labute approximate surface area is 169 Å². The molecule has 1 heterocycles. The van der Waals surface area contributed by atoms with Crippen LogP contribution in [0, 0.1) is 6.92 Å². The number of furan rings is 1. The third kappa shape index (κ3) is 5.25. The second-order valence-electron chi connectivity index (χ2n) is 6.58. The molecule has 0 saturated carbocycles. The Morgan fingerprint density at radius 1 is 1.03 bits per heavy atom. The monoisotopic (exact) mass is 392 g/mol. The van der Waals surface area contributed by atoms with Gasteiger partial charge in [0.15, 0.2) is 6.10 Å². The molecular formula is C23H24N2O4. The molecule has 0 fully saturated rings. The second-order valence-corrected chi connectivity index (χ2v) is 6.58. The highest BCUT2D eigenvalue weighted by atomic mass is 16.5. The Morgan fingerprint density at radius 3 is 2.52 bits per heavy atom. The average Bonchev–Trinajstić information content (AvgIpc) is 3.25. The molecule has 2 amide bonds. The topological polar surface area (TPSA) is 80.6 Å². The molecule has 0 aliphatic rings. The van der Waals surface area contributed by atoms with Crippen molar-refractivity contribution in [2.45, 2.75) is 32.9 Å². The summed E-state index contributed by atoms with van der Waals surface area (Å²) in [4.78, 5) is 25.4. The van der Waals surface area contributed by atoms with Gasteiger partial charge in [0.2, 0.25) is 0 Å². The van der Waals surface area contributed by atoms with Crippen molar-refractivity contribution in [2.75, 3.05) is 5.32 Å². The van der Waals surface area contributed by atoms with E-state index in [4.69, 9.17) is 9.15 Å². The number of hydrogen-bond donors (Lipinski definition) is 2. The van der Waals surface area contributed by atoms with Crippen molar-refractivity contribution in [3.63, 3.8) is 0 Å². The molecule has 6 nitrogen and oxygen atoms in total. The zero-order chi connectivity index (χ0) is 20.6. The maximum absolute atomic E-state index is 12.8. The fraction of sp³-hybridized carbons (Fsp3) is 0.217. The highest BCUT2D eigenvalue weighted by Crippen LogP contribution is 2.21. The summed E-state index contributed by atoms with van der Waals surface area (Å²) in [5.41, 5.74) is 1.76. The maximum Gasteiger partial charge on any atom is 0.265 e. The Kier molecular flexibility index (Phi) is 6.68. The van der Waals surface area contributed by atoms with Gasteiger partial charge in [-0.1, -0.05) is 37.3 Å². The number of nitrogens with one attached hydrogen (secondary N) is 2. The van der Waals surface area contributed by atoms with Crippen molar-refractivity contribution >= 4 is 17.5 Å². The van der Waals surface area contributed by atoms with Gasteiger partial charge in [0.1, 0.15) is 11.5 Å². The van der Waals surface area contributed by atoms with E-state index in [1.54, 1.807) is 42.7 Å². The lowest BCUT2D eigenvalue weighted by molar-refractivity contribution is -0.122. The van der Waals surface area contributed by atoms with Crippen LogP contribution < -0.4 is 15.4 Å². The Balaban J connectivity index is 1.69. The summed E-state index contributed by atoms with van der Waals surface area (Å²) in [6.45, 7) is 4.07. The lowest BCUT2D eigenvalue weighted by Gasteiger charge is -2.19. The van der Waals surface area contributed by atoms with E-state index in [9.17, 15) is 9.59 Å². The first-order valence-electron chi connectivity index (χ1n) is 9.51. The van der Waals surface area contributed by atoms with Crippen LogP contribution in [0.3, 0.4) is 0 Å². The molecule has 3 aromatic rings. The summed E-state index contributed by atoms with van der Waals surface area (Å²) in [6, 6.07) is 18.0. The van der Waals surface area contributed by atoms with Crippen LogP contribution >= 0.6 is 0 Å². The van der Waals surface area contributed by atoms with Crippen LogP contribution in [0.15, 0.2) is 71.3 Å². The standard InChI is InChI=1S/C23H24N2O4/c1-3-20(29-21-13-7-4-9-16(21)2)23(27)25-19-12-6-5-11-18(19)22(26)24-15-17-10-8-14-28-17/h4-14,20H,3,15H2,1-2H3,(H,24,26)(H,25,27)/t20-/m0/s1. The molecule has 29 heavy (non-hydrogen) atoms. The number of benzene rings is 2. The van der Waals surface area contributed by atoms with Crippen LogP contribution in [0.1, 0.15) is 35.0 Å². The van der Waals surface area contributed by atoms with E-state index in [2.05, 4.69) is 10.6 Å². The number of carbonyl (C=O) groups is 2. The number of hydrogen-bond acceptors (Lipinski definition) is 4. The molecule has 0 aliphatic carbocycles. The van der Waals surface area contributed by atoms with E-state index in [-0.39, 0.29) is 18.4 Å². The minimum atomic E-state index is -0.671. The van der Waals surface area contributed by atoms with Gasteiger partial charge in [-0.2, -0.15) is 0 Å². The van der Waals surface area contributed by atoms with E-state index in [0.29, 0.717) is 29.2 Å². The summed E-state index contributed by atoms with van der Waals surface area (Å²) in [6.07, 6.45) is 1.37. The van der Waals surface area contributed by atoms with Crippen LogP contribution in [-0.2, 0) is 11.3 Å². The highest BCUT2D eigenvalue weighted by molar-refractivity contribution is 6.04. The lowest BCUT2D eigenvalue weighted by Crippen LogP contribution is -2.33. The predicted octanol–water partition coefficient (Wildman–Crippen LogP) is 4.31. The van der Waals surface area contributed by atoms with Crippen molar-refractivity contribution in [1.29, 1.82) is 0 Å². The summed E-state index contributed by atoms with van der Waals surface area (Å²) in [5.74, 6) is 0.712. The smallest absolute Gasteiger partial charge is 0.265 e. The summed E-state index contributed by atoms with van der Waals surface area (Å²) in [7, 11) is 0. The first-order chi connectivity index (χ1) is 14.1. The van der Waals surface area contributed by atoms with Crippen LogP contribution in [0.5, 0.6) is 5.75 Å². The Bertz CT molecular complexity index is 967. The first kappa shape index (κ1) is 20.2. The predicted molar refractivity (Wildman–Crippen MR) is 111 cm³/mol. The Hall–Kier alpha value is -3.54. The molecule has 0 spiro atoms. The molecule has 0 radical (unpaired) electrons. The maximum atomic E-state index is 12.8. The molecular weight excluding hydrogens is 368 g/mol. The number of carbonyl (C=O) groups excluding carboxylic acids is 2. The van der Waals surface area contributed by atoms with E-state index in [1.807, 2.05) is 38.1 Å². The van der Waals surface area contributed by atoms with E-state index in [0.717, 1.165) is 5.56 Å². The number of aryl methyl sites for hydroxylation is 1. The zero-order valence-electron chi connectivity index (χ0n) is 16.5. The van der Waals surface area contributed by atoms with Crippen LogP contribution in [0.25, 0.3) is 0 Å². The fourth-order valence-electron chi connectivity index (χ4n) is 2.84. The van der Waals surface area contributed by atoms with Gasteiger partial charge in [0.05, 0.1) is 24.1 Å². The minimum Gasteiger partial charge on any atom is -0.480 e. The van der Waals surface area contributed by atoms with Crippen molar-refractivity contribution in [3.8, 4) is 5.75 Å². The molecule has 150 valence electrons. The summed E-state index contributed by atoms with van der Waals surface area (Å²) >= 11 is 0. The van der Waals surface area contributed by atoms with E-state index >= 15 is 0 Å². The number of rotatable bonds is 8. The second kappa shape index (κ2) is 9.59. The van der Waals surface area contributed by atoms with E-state index < -0.39 is 6.10 Å². The molecule has 0 aliphatic heterocycles. The van der Waals surface area contributed by atoms with Crippen LogP contribution in [-0.4, -0.2) is 17.9 Å². The minimum absolute atomic E-state index is 0.266. The van der Waals surface area contributed by atoms with Gasteiger partial charge in [0, 0.05) is 0 Å². The van der Waals surface area contributed by atoms with Crippen molar-refractivity contribution in [3.05, 3.63) is 83.8 Å². The van der Waals surface area contributed by atoms with Gasteiger partial charge < -0.3 is 19.8 Å². The lowest BCUT2D eigenvalue weighted by atomic mass is 10.1. The average molecular weight is 392 g/mol. The van der Waals surface area contributed by atoms with Gasteiger partial charge in [-0.25, -0.2) is 0 Å². The number of anilines is 1. The molecule has 2 aromatic carbocycles. The molecule has 3 rings (SSSR count). The van der Waals surface area contributed by atoms with Gasteiger partial charge >= 0.3 is 0 Å². The third-order valence-electron chi connectivity index (χ3n) is 4.46. The molecule has 2 N–H and O–H groups in total. The third-order valence-corrected chi connectivity index (χ3v) is 4.46. The number of ether oxygens (including phenoxy) is 1. The largest absolute Gasteiger partial charge is 0.480 e. The molecule has 1 atom stereocenters. The molecule has 0 unspecified atom stereocenters. The summed E-state index contributed by atoms with van der Waals surface area (Å²) in [5, 5.41) is 5.62. The van der Waals surface area contributed by atoms with Crippen LogP contribution in [0.2, 0.25) is 0 Å². The SMILES string of the molecule is CC[C@H](Oc1ccccc1C)C(=O)Nc1ccccc1C(=O)NCc1ccco1. The molecule has 6 heteroatoms. The van der Waals surface area contributed by atoms with Gasteiger partial charge in [-0.05, 0) is 49.2 Å². The van der Waals surface area contributed by atoms with Gasteiger partial charge in [0.25, 0.3) is 11.8 Å². The Morgan fingerprint density at radius 2 is 1.79 bits per heavy atom. The molecule has 0 bridgehead atoms. The highest BCUT2D eigenvalue weighted by Gasteiger charge is 2.21. The fourth-order valence-corrected chi connectivity index (χ4v) is 2.84. The number of amides is 2. The molecule has 0 saturated heterocycles. The van der Waals surface area contributed by atoms with Crippen molar-refractivity contribution < 1.29 is 18.7 Å². The van der Waals surface area contributed by atoms with Crippen LogP contribution in [0.4, 0.5) is 5.69 Å².